The zero-order chi connectivity index (χ0) is 23.5. The molecule has 0 aliphatic heterocycles. The highest BCUT2D eigenvalue weighted by Crippen LogP contribution is 2.36. The number of rotatable bonds is 12. The van der Waals surface area contributed by atoms with Crippen molar-refractivity contribution in [3.63, 3.8) is 0 Å². The van der Waals surface area contributed by atoms with Gasteiger partial charge in [-0.2, -0.15) is 10.5 Å². The molecular weight excluding hydrogens is 420 g/mol. The Balaban J connectivity index is 2.02. The summed E-state index contributed by atoms with van der Waals surface area (Å²) in [5.74, 6) is 0. The van der Waals surface area contributed by atoms with Crippen LogP contribution in [0.3, 0.4) is 0 Å². The first-order valence-corrected chi connectivity index (χ1v) is 11.8. The van der Waals surface area contributed by atoms with Crippen molar-refractivity contribution >= 4 is 27.7 Å². The van der Waals surface area contributed by atoms with Gasteiger partial charge < -0.3 is 14.5 Å². The van der Waals surface area contributed by atoms with Gasteiger partial charge in [0.05, 0.1) is 24.5 Å². The van der Waals surface area contributed by atoms with Gasteiger partial charge in [0.25, 0.3) is 0 Å². The summed E-state index contributed by atoms with van der Waals surface area (Å²) >= 11 is 1.20. The minimum absolute atomic E-state index is 0.419. The molecule has 2 aromatic rings. The topological polar surface area (TPSA) is 88.0 Å². The van der Waals surface area contributed by atoms with E-state index in [4.69, 9.17) is 4.74 Å². The predicted molar refractivity (Wildman–Crippen MR) is 130 cm³/mol. The Bertz CT molecular complexity index is 997. The Morgan fingerprint density at radius 1 is 0.969 bits per heavy atom. The van der Waals surface area contributed by atoms with Crippen LogP contribution in [0.1, 0.15) is 42.3 Å². The summed E-state index contributed by atoms with van der Waals surface area (Å²) in [4.78, 5) is 5.13. The van der Waals surface area contributed by atoms with Crippen molar-refractivity contribution in [2.45, 2.75) is 34.6 Å². The smallest absolute Gasteiger partial charge is 0.158 e. The normalized spacial score (nSPS) is 11.1. The Hall–Kier alpha value is -2.78. The van der Waals surface area contributed by atoms with E-state index in [1.165, 1.54) is 11.3 Å². The molecule has 0 amide bonds. The van der Waals surface area contributed by atoms with Crippen molar-refractivity contribution in [3.05, 3.63) is 39.8 Å². The van der Waals surface area contributed by atoms with Crippen LogP contribution < -0.4 is 4.90 Å². The summed E-state index contributed by atoms with van der Waals surface area (Å²) < 4.78 is 5.84. The van der Waals surface area contributed by atoms with Gasteiger partial charge in [0, 0.05) is 25.3 Å². The van der Waals surface area contributed by atoms with E-state index >= 15 is 0 Å². The van der Waals surface area contributed by atoms with Crippen molar-refractivity contribution in [1.29, 1.82) is 10.5 Å². The summed E-state index contributed by atoms with van der Waals surface area (Å²) in [6.45, 7) is 16.4. The zero-order valence-electron chi connectivity index (χ0n) is 19.7. The highest BCUT2D eigenvalue weighted by molar-refractivity contribution is 7.16. The number of aryl methyl sites for hydroxylation is 1. The molecule has 0 aliphatic rings. The van der Waals surface area contributed by atoms with Gasteiger partial charge in [-0.05, 0) is 63.2 Å². The molecule has 0 N–H and O–H groups in total. The number of likely N-dealkylation sites (N-methyl/N-ethyl adjacent to an activating group) is 2. The zero-order valence-corrected chi connectivity index (χ0v) is 20.5. The van der Waals surface area contributed by atoms with Crippen LogP contribution in [0.2, 0.25) is 0 Å². The average molecular weight is 453 g/mol. The minimum atomic E-state index is 0.419. The molecule has 0 fully saturated rings. The van der Waals surface area contributed by atoms with Gasteiger partial charge in [0.1, 0.15) is 17.0 Å². The Kier molecular flexibility index (Phi) is 10.3. The first-order chi connectivity index (χ1) is 15.5. The Labute approximate surface area is 195 Å². The van der Waals surface area contributed by atoms with E-state index in [1.54, 1.807) is 6.92 Å². The number of hydrogen-bond donors (Lipinski definition) is 0. The molecule has 0 atom stereocenters. The van der Waals surface area contributed by atoms with E-state index in [2.05, 4.69) is 59.0 Å². The molecule has 32 heavy (non-hydrogen) atoms. The molecule has 170 valence electrons. The highest BCUT2D eigenvalue weighted by Gasteiger charge is 2.14. The van der Waals surface area contributed by atoms with E-state index in [9.17, 15) is 10.5 Å². The third kappa shape index (κ3) is 6.61. The monoisotopic (exact) mass is 452 g/mol. The van der Waals surface area contributed by atoms with E-state index in [1.807, 2.05) is 19.1 Å². The van der Waals surface area contributed by atoms with Crippen LogP contribution in [0.15, 0.2) is 28.4 Å². The summed E-state index contributed by atoms with van der Waals surface area (Å²) in [5.41, 5.74) is 3.95. The standard InChI is InChI=1S/C24H32N6OS/c1-6-29(7-2)11-13-31-14-12-30(8-3)20-9-10-22(18(4)15-20)27-28-24-21(16-25)19(5)23(17-26)32-24/h9-10,15H,6-8,11-14H2,1-5H3/b28-27+. The molecular formula is C24H32N6OS. The fourth-order valence-corrected chi connectivity index (χ4v) is 4.21. The van der Waals surface area contributed by atoms with Crippen molar-refractivity contribution in [3.8, 4) is 12.1 Å². The quantitative estimate of drug-likeness (QED) is 0.304. The molecule has 0 saturated carbocycles. The van der Waals surface area contributed by atoms with Gasteiger partial charge in [-0.3, -0.25) is 0 Å². The maximum absolute atomic E-state index is 9.37. The van der Waals surface area contributed by atoms with Crippen LogP contribution in [0.25, 0.3) is 0 Å². The van der Waals surface area contributed by atoms with Crippen LogP contribution >= 0.6 is 11.3 Å². The molecule has 8 heteroatoms. The third-order valence-corrected chi connectivity index (χ3v) is 6.55. The van der Waals surface area contributed by atoms with Crippen molar-refractivity contribution < 1.29 is 4.74 Å². The summed E-state index contributed by atoms with van der Waals surface area (Å²) in [6.07, 6.45) is 0. The van der Waals surface area contributed by atoms with Crippen LogP contribution in [-0.2, 0) is 4.74 Å². The van der Waals surface area contributed by atoms with Gasteiger partial charge in [-0.1, -0.05) is 13.8 Å². The molecule has 1 aromatic carbocycles. The Morgan fingerprint density at radius 3 is 2.28 bits per heavy atom. The number of nitrogens with zero attached hydrogens (tertiary/aromatic N) is 6. The summed E-state index contributed by atoms with van der Waals surface area (Å²) in [5, 5.41) is 27.6. The lowest BCUT2D eigenvalue weighted by Crippen LogP contribution is -2.30. The number of nitriles is 2. The lowest BCUT2D eigenvalue weighted by atomic mass is 10.1. The van der Waals surface area contributed by atoms with E-state index in [-0.39, 0.29) is 0 Å². The van der Waals surface area contributed by atoms with Gasteiger partial charge in [0.15, 0.2) is 5.00 Å². The number of azo groups is 1. The lowest BCUT2D eigenvalue weighted by molar-refractivity contribution is 0.112. The molecule has 1 heterocycles. The van der Waals surface area contributed by atoms with Crippen LogP contribution in [0.5, 0.6) is 0 Å². The predicted octanol–water partition coefficient (Wildman–Crippen LogP) is 5.71. The van der Waals surface area contributed by atoms with Gasteiger partial charge >= 0.3 is 0 Å². The first-order valence-electron chi connectivity index (χ1n) is 11.0. The van der Waals surface area contributed by atoms with Crippen LogP contribution in [-0.4, -0.2) is 50.8 Å². The number of ether oxygens (including phenoxy) is 1. The van der Waals surface area contributed by atoms with Crippen molar-refractivity contribution in [1.82, 2.24) is 4.90 Å². The van der Waals surface area contributed by atoms with Crippen LogP contribution in [0, 0.1) is 36.5 Å². The Morgan fingerprint density at radius 2 is 1.69 bits per heavy atom. The molecule has 2 rings (SSSR count). The second kappa shape index (κ2) is 12.9. The number of anilines is 1. The van der Waals surface area contributed by atoms with Gasteiger partial charge in [-0.25, -0.2) is 0 Å². The third-order valence-electron chi connectivity index (χ3n) is 5.47. The second-order valence-electron chi connectivity index (χ2n) is 7.35. The number of thiophene rings is 1. The van der Waals surface area contributed by atoms with Crippen molar-refractivity contribution in [2.24, 2.45) is 10.2 Å². The van der Waals surface area contributed by atoms with E-state index in [0.717, 1.165) is 56.3 Å². The molecule has 0 aliphatic carbocycles. The highest BCUT2D eigenvalue weighted by atomic mass is 32.1. The summed E-state index contributed by atoms with van der Waals surface area (Å²) in [7, 11) is 0. The average Bonchev–Trinajstić information content (AvgIpc) is 3.12. The molecule has 0 saturated heterocycles. The summed E-state index contributed by atoms with van der Waals surface area (Å²) in [6, 6.07) is 10.3. The number of hydrogen-bond acceptors (Lipinski definition) is 8. The van der Waals surface area contributed by atoms with Gasteiger partial charge in [-0.15, -0.1) is 21.6 Å². The number of benzene rings is 1. The van der Waals surface area contributed by atoms with Crippen molar-refractivity contribution in [2.75, 3.05) is 50.8 Å². The van der Waals surface area contributed by atoms with E-state index < -0.39 is 0 Å². The molecule has 1 aromatic heterocycles. The lowest BCUT2D eigenvalue weighted by Gasteiger charge is -2.24. The molecule has 7 nitrogen and oxygen atoms in total. The first kappa shape index (κ1) is 25.5. The minimum Gasteiger partial charge on any atom is -0.378 e. The van der Waals surface area contributed by atoms with E-state index in [0.29, 0.717) is 27.6 Å². The fourth-order valence-electron chi connectivity index (χ4n) is 3.33. The van der Waals surface area contributed by atoms with Crippen LogP contribution in [0.4, 0.5) is 16.4 Å². The molecule has 0 spiro atoms. The maximum Gasteiger partial charge on any atom is 0.158 e. The second-order valence-corrected chi connectivity index (χ2v) is 8.35. The molecule has 0 radical (unpaired) electrons. The molecule has 0 unspecified atom stereocenters. The molecule has 0 bridgehead atoms. The fraction of sp³-hybridized carbons (Fsp3) is 0.500. The SMILES string of the molecule is CCN(CC)CCOCCN(CC)c1ccc(/N=N/c2sc(C#N)c(C)c2C#N)c(C)c1. The maximum atomic E-state index is 9.37. The largest absolute Gasteiger partial charge is 0.378 e. The van der Waals surface area contributed by atoms with Gasteiger partial charge in [0.2, 0.25) is 0 Å².